The van der Waals surface area contributed by atoms with Crippen molar-refractivity contribution in [3.63, 3.8) is 0 Å². The number of carbonyl (C=O) groups is 1. The molecule has 2 aliphatic heterocycles. The summed E-state index contributed by atoms with van der Waals surface area (Å²) in [6, 6.07) is 0. The van der Waals surface area contributed by atoms with Crippen molar-refractivity contribution in [2.24, 2.45) is 0 Å². The monoisotopic (exact) mass is 348 g/mol. The third-order valence-electron chi connectivity index (χ3n) is 4.77. The van der Waals surface area contributed by atoms with Gasteiger partial charge in [0.2, 0.25) is 0 Å². The van der Waals surface area contributed by atoms with E-state index in [9.17, 15) is 9.59 Å². The molecule has 1 atom stereocenters. The van der Waals surface area contributed by atoms with Crippen molar-refractivity contribution in [3.8, 4) is 0 Å². The number of hydrogen-bond donors (Lipinski definition) is 0. The zero-order chi connectivity index (χ0) is 16.7. The molecule has 1 saturated heterocycles. The number of esters is 1. The fourth-order valence-corrected chi connectivity index (χ4v) is 4.53. The van der Waals surface area contributed by atoms with Gasteiger partial charge in [0.1, 0.15) is 22.1 Å². The lowest BCUT2D eigenvalue weighted by atomic mass is 10.1. The fourth-order valence-electron chi connectivity index (χ4n) is 3.44. The molecule has 0 radical (unpaired) electrons. The van der Waals surface area contributed by atoms with E-state index in [1.807, 2.05) is 0 Å². The molecule has 0 unspecified atom stereocenters. The topological polar surface area (TPSA) is 70.4 Å². The van der Waals surface area contributed by atoms with Crippen LogP contribution in [0.25, 0.3) is 10.2 Å². The highest BCUT2D eigenvalue weighted by Gasteiger charge is 2.25. The first-order valence-corrected chi connectivity index (χ1v) is 9.28. The predicted molar refractivity (Wildman–Crippen MR) is 90.8 cm³/mol. The molecule has 0 aliphatic carbocycles. The number of nitrogens with zero attached hydrogens (tertiary/aromatic N) is 2. The molecule has 128 valence electrons. The van der Waals surface area contributed by atoms with Crippen LogP contribution in [-0.4, -0.2) is 34.8 Å². The van der Waals surface area contributed by atoms with Crippen LogP contribution in [0.4, 0.5) is 0 Å². The minimum Gasteiger partial charge on any atom is -0.459 e. The van der Waals surface area contributed by atoms with Crippen molar-refractivity contribution in [1.29, 1.82) is 0 Å². The number of aromatic nitrogens is 2. The van der Waals surface area contributed by atoms with Crippen molar-refractivity contribution in [2.45, 2.75) is 51.7 Å². The van der Waals surface area contributed by atoms with Crippen molar-refractivity contribution >= 4 is 27.5 Å². The summed E-state index contributed by atoms with van der Waals surface area (Å²) in [7, 11) is 0. The van der Waals surface area contributed by atoms with Crippen LogP contribution in [0, 0.1) is 6.92 Å². The number of aryl methyl sites for hydroxylation is 2. The molecular formula is C17H20N2O4S. The first-order valence-electron chi connectivity index (χ1n) is 8.46. The van der Waals surface area contributed by atoms with E-state index in [1.54, 1.807) is 11.5 Å². The Morgan fingerprint density at radius 3 is 3.08 bits per heavy atom. The fraction of sp³-hybridized carbons (Fsp3) is 0.588. The average molecular weight is 348 g/mol. The van der Waals surface area contributed by atoms with Gasteiger partial charge >= 0.3 is 5.97 Å². The van der Waals surface area contributed by atoms with Crippen molar-refractivity contribution < 1.29 is 14.3 Å². The second-order valence-electron chi connectivity index (χ2n) is 6.41. The third-order valence-corrected chi connectivity index (χ3v) is 5.94. The Hall–Kier alpha value is -1.73. The first kappa shape index (κ1) is 15.8. The van der Waals surface area contributed by atoms with Gasteiger partial charge in [-0.15, -0.1) is 11.3 Å². The van der Waals surface area contributed by atoms with Crippen LogP contribution in [0.5, 0.6) is 0 Å². The van der Waals surface area contributed by atoms with E-state index in [0.717, 1.165) is 44.5 Å². The standard InChI is InChI=1S/C17H20N2O4S/c1-10-13-15(18-12-6-4-7-19(12)16(13)20)24-14(10)17(21)23-9-11-5-2-3-8-22-11/h11H,2-9H2,1H3/t11-/m0/s1. The molecule has 1 fully saturated rings. The summed E-state index contributed by atoms with van der Waals surface area (Å²) < 4.78 is 12.7. The first-order chi connectivity index (χ1) is 11.6. The summed E-state index contributed by atoms with van der Waals surface area (Å²) in [6.07, 6.45) is 4.87. The summed E-state index contributed by atoms with van der Waals surface area (Å²) in [4.78, 5) is 30.8. The van der Waals surface area contributed by atoms with Crippen molar-refractivity contribution in [2.75, 3.05) is 13.2 Å². The predicted octanol–water partition coefficient (Wildman–Crippen LogP) is 2.44. The van der Waals surface area contributed by atoms with Crippen LogP contribution in [0.1, 0.15) is 46.7 Å². The Bertz CT molecular complexity index is 848. The van der Waals surface area contributed by atoms with E-state index < -0.39 is 0 Å². The van der Waals surface area contributed by atoms with Gasteiger partial charge in [-0.3, -0.25) is 9.36 Å². The number of rotatable bonds is 3. The normalized spacial score (nSPS) is 20.3. The molecule has 4 heterocycles. The van der Waals surface area contributed by atoms with E-state index in [-0.39, 0.29) is 24.2 Å². The molecule has 0 amide bonds. The van der Waals surface area contributed by atoms with Gasteiger partial charge in [-0.25, -0.2) is 9.78 Å². The molecule has 0 bridgehead atoms. The Labute approximate surface area is 143 Å². The molecule has 2 aliphatic rings. The highest BCUT2D eigenvalue weighted by molar-refractivity contribution is 7.20. The van der Waals surface area contributed by atoms with Gasteiger partial charge in [0.15, 0.2) is 0 Å². The molecule has 2 aromatic rings. The molecule has 4 rings (SSSR count). The van der Waals surface area contributed by atoms with Crippen LogP contribution in [-0.2, 0) is 22.4 Å². The zero-order valence-electron chi connectivity index (χ0n) is 13.7. The summed E-state index contributed by atoms with van der Waals surface area (Å²) in [5.41, 5.74) is 0.653. The molecule has 24 heavy (non-hydrogen) atoms. The van der Waals surface area contributed by atoms with Gasteiger partial charge in [-0.05, 0) is 38.2 Å². The quantitative estimate of drug-likeness (QED) is 0.797. The minimum atomic E-state index is -0.380. The maximum absolute atomic E-state index is 12.6. The Morgan fingerprint density at radius 2 is 2.29 bits per heavy atom. The SMILES string of the molecule is Cc1c(C(=O)OC[C@@H]2CCCCO2)sc2nc3n(c(=O)c12)CCC3. The maximum Gasteiger partial charge on any atom is 0.348 e. The summed E-state index contributed by atoms with van der Waals surface area (Å²) in [6.45, 7) is 3.52. The van der Waals surface area contributed by atoms with E-state index in [4.69, 9.17) is 9.47 Å². The summed E-state index contributed by atoms with van der Waals surface area (Å²) >= 11 is 1.26. The zero-order valence-corrected chi connectivity index (χ0v) is 14.5. The van der Waals surface area contributed by atoms with Crippen LogP contribution in [0.15, 0.2) is 4.79 Å². The van der Waals surface area contributed by atoms with Crippen molar-refractivity contribution in [1.82, 2.24) is 9.55 Å². The number of hydrogen-bond acceptors (Lipinski definition) is 6. The number of ether oxygens (including phenoxy) is 2. The Balaban J connectivity index is 1.60. The van der Waals surface area contributed by atoms with Crippen LogP contribution in [0.2, 0.25) is 0 Å². The van der Waals surface area contributed by atoms with Gasteiger partial charge in [-0.2, -0.15) is 0 Å². The molecule has 2 aromatic heterocycles. The molecule has 0 saturated carbocycles. The Morgan fingerprint density at radius 1 is 1.42 bits per heavy atom. The van der Waals surface area contributed by atoms with Gasteiger partial charge < -0.3 is 9.47 Å². The second kappa shape index (κ2) is 6.29. The van der Waals surface area contributed by atoms with Gasteiger partial charge in [0.25, 0.3) is 5.56 Å². The lowest BCUT2D eigenvalue weighted by Crippen LogP contribution is -2.26. The van der Waals surface area contributed by atoms with E-state index in [2.05, 4.69) is 4.98 Å². The van der Waals surface area contributed by atoms with Crippen LogP contribution >= 0.6 is 11.3 Å². The largest absolute Gasteiger partial charge is 0.459 e. The second-order valence-corrected chi connectivity index (χ2v) is 7.41. The molecule has 0 spiro atoms. The average Bonchev–Trinajstić information content (AvgIpc) is 3.19. The molecule has 7 heteroatoms. The highest BCUT2D eigenvalue weighted by Crippen LogP contribution is 2.29. The number of thiophene rings is 1. The van der Waals surface area contributed by atoms with Gasteiger partial charge in [0.05, 0.1) is 11.5 Å². The molecule has 0 N–H and O–H groups in total. The minimum absolute atomic E-state index is 0.00932. The van der Waals surface area contributed by atoms with Gasteiger partial charge in [-0.1, -0.05) is 0 Å². The maximum atomic E-state index is 12.6. The lowest BCUT2D eigenvalue weighted by Gasteiger charge is -2.21. The van der Waals surface area contributed by atoms with E-state index in [0.29, 0.717) is 27.2 Å². The third kappa shape index (κ3) is 2.65. The van der Waals surface area contributed by atoms with Crippen molar-refractivity contribution in [3.05, 3.63) is 26.6 Å². The number of carbonyl (C=O) groups excluding carboxylic acids is 1. The number of fused-ring (bicyclic) bond motifs is 2. The van der Waals surface area contributed by atoms with Crippen LogP contribution in [0.3, 0.4) is 0 Å². The highest BCUT2D eigenvalue weighted by atomic mass is 32.1. The van der Waals surface area contributed by atoms with E-state index in [1.165, 1.54) is 11.3 Å². The molecule has 0 aromatic carbocycles. The van der Waals surface area contributed by atoms with E-state index >= 15 is 0 Å². The molecule has 6 nitrogen and oxygen atoms in total. The smallest absolute Gasteiger partial charge is 0.348 e. The van der Waals surface area contributed by atoms with Crippen LogP contribution < -0.4 is 5.56 Å². The summed E-state index contributed by atoms with van der Waals surface area (Å²) in [5.74, 6) is 0.443. The lowest BCUT2D eigenvalue weighted by molar-refractivity contribution is -0.0298. The summed E-state index contributed by atoms with van der Waals surface area (Å²) in [5, 5.41) is 0.562. The molecular weight excluding hydrogens is 328 g/mol. The van der Waals surface area contributed by atoms with Gasteiger partial charge in [0, 0.05) is 19.6 Å². The Kier molecular flexibility index (Phi) is 4.14.